The highest BCUT2D eigenvalue weighted by molar-refractivity contribution is 5.83. The minimum absolute atomic E-state index is 0.0745. The first-order valence-electron chi connectivity index (χ1n) is 5.83. The maximum Gasteiger partial charge on any atom is 0.314 e. The van der Waals surface area contributed by atoms with E-state index < -0.39 is 6.03 Å². The molecule has 0 saturated heterocycles. The van der Waals surface area contributed by atoms with Gasteiger partial charge in [0.15, 0.2) is 0 Å². The number of nitrogens with one attached hydrogen (secondary N) is 1. The minimum Gasteiger partial charge on any atom is -0.487 e. The van der Waals surface area contributed by atoms with E-state index in [2.05, 4.69) is 10.3 Å². The molecule has 1 atom stereocenters. The summed E-state index contributed by atoms with van der Waals surface area (Å²) in [5.41, 5.74) is 5.02. The Morgan fingerprint density at radius 3 is 2.89 bits per heavy atom. The maximum absolute atomic E-state index is 11.5. The van der Waals surface area contributed by atoms with Crippen molar-refractivity contribution in [2.24, 2.45) is 5.73 Å². The van der Waals surface area contributed by atoms with E-state index in [1.54, 1.807) is 24.5 Å². The zero-order valence-electron chi connectivity index (χ0n) is 11.0. The zero-order valence-corrected chi connectivity index (χ0v) is 11.0. The lowest BCUT2D eigenvalue weighted by Crippen LogP contribution is -2.43. The van der Waals surface area contributed by atoms with Crippen LogP contribution < -0.4 is 15.8 Å². The number of hydrogen-bond donors (Lipinski definition) is 2. The lowest BCUT2D eigenvalue weighted by molar-refractivity contribution is -0.121. The number of ether oxygens (including phenoxy) is 1. The molecule has 104 valence electrons. The number of pyridine rings is 1. The van der Waals surface area contributed by atoms with E-state index in [1.165, 1.54) is 7.05 Å². The number of carbonyl (C=O) groups is 2. The Labute approximate surface area is 111 Å². The van der Waals surface area contributed by atoms with Gasteiger partial charge in [-0.2, -0.15) is 0 Å². The Bertz CT molecular complexity index is 424. The second-order valence-electron chi connectivity index (χ2n) is 4.12. The fraction of sp³-hybridized carbons (Fsp3) is 0.417. The first-order valence-corrected chi connectivity index (χ1v) is 5.83. The molecule has 0 fully saturated rings. The van der Waals surface area contributed by atoms with Crippen molar-refractivity contribution in [1.29, 1.82) is 0 Å². The summed E-state index contributed by atoms with van der Waals surface area (Å²) >= 11 is 0. The Balaban J connectivity index is 2.28. The van der Waals surface area contributed by atoms with Gasteiger partial charge in [0.1, 0.15) is 18.4 Å². The minimum atomic E-state index is -0.644. The molecule has 1 aromatic rings. The largest absolute Gasteiger partial charge is 0.487 e. The van der Waals surface area contributed by atoms with Gasteiger partial charge in [0.2, 0.25) is 5.91 Å². The Morgan fingerprint density at radius 1 is 1.58 bits per heavy atom. The van der Waals surface area contributed by atoms with Crippen LogP contribution in [-0.2, 0) is 4.79 Å². The van der Waals surface area contributed by atoms with Crippen LogP contribution in [0.15, 0.2) is 24.5 Å². The average Bonchev–Trinajstić information content (AvgIpc) is 2.37. The zero-order chi connectivity index (χ0) is 14.3. The highest BCUT2D eigenvalue weighted by Gasteiger charge is 2.11. The van der Waals surface area contributed by atoms with Crippen molar-refractivity contribution in [3.05, 3.63) is 24.5 Å². The Morgan fingerprint density at radius 2 is 2.32 bits per heavy atom. The molecular formula is C12H18N4O3. The van der Waals surface area contributed by atoms with Gasteiger partial charge in [0, 0.05) is 13.2 Å². The lowest BCUT2D eigenvalue weighted by Gasteiger charge is -2.17. The van der Waals surface area contributed by atoms with Crippen molar-refractivity contribution < 1.29 is 14.3 Å². The summed E-state index contributed by atoms with van der Waals surface area (Å²) in [6, 6.07) is 2.91. The highest BCUT2D eigenvalue weighted by Crippen LogP contribution is 2.08. The number of rotatable bonds is 6. The lowest BCUT2D eigenvalue weighted by atomic mass is 10.3. The van der Waals surface area contributed by atoms with Crippen LogP contribution in [0.4, 0.5) is 4.79 Å². The van der Waals surface area contributed by atoms with Crippen LogP contribution in [0.3, 0.4) is 0 Å². The fourth-order valence-electron chi connectivity index (χ4n) is 1.30. The average molecular weight is 266 g/mol. The third-order valence-corrected chi connectivity index (χ3v) is 2.32. The van der Waals surface area contributed by atoms with E-state index in [1.807, 2.05) is 6.92 Å². The van der Waals surface area contributed by atoms with Gasteiger partial charge < -0.3 is 20.7 Å². The molecule has 7 nitrogen and oxygen atoms in total. The van der Waals surface area contributed by atoms with E-state index >= 15 is 0 Å². The van der Waals surface area contributed by atoms with E-state index in [0.717, 1.165) is 4.90 Å². The number of carbonyl (C=O) groups excluding carboxylic acids is 2. The molecule has 0 unspecified atom stereocenters. The first kappa shape index (κ1) is 14.7. The number of likely N-dealkylation sites (N-methyl/N-ethyl adjacent to an activating group) is 1. The Kier molecular flexibility index (Phi) is 5.59. The van der Waals surface area contributed by atoms with Crippen molar-refractivity contribution in [3.8, 4) is 5.75 Å². The molecule has 1 heterocycles. The smallest absolute Gasteiger partial charge is 0.314 e. The number of amides is 3. The van der Waals surface area contributed by atoms with Crippen molar-refractivity contribution >= 4 is 11.9 Å². The molecule has 0 bridgehead atoms. The van der Waals surface area contributed by atoms with Crippen molar-refractivity contribution in [1.82, 2.24) is 15.2 Å². The van der Waals surface area contributed by atoms with Crippen LogP contribution in [0.1, 0.15) is 6.92 Å². The molecular weight excluding hydrogens is 248 g/mol. The van der Waals surface area contributed by atoms with Gasteiger partial charge in [0.25, 0.3) is 0 Å². The number of primary amides is 1. The molecule has 3 N–H and O–H groups in total. The van der Waals surface area contributed by atoms with Crippen LogP contribution in [0.25, 0.3) is 0 Å². The van der Waals surface area contributed by atoms with E-state index in [9.17, 15) is 9.59 Å². The molecule has 0 saturated carbocycles. The molecule has 0 radical (unpaired) electrons. The standard InChI is InChI=1S/C12H18N4O3/c1-9(19-10-4-3-5-14-7-10)6-15-11(17)8-16(2)12(13)18/h3-5,7,9H,6,8H2,1-2H3,(H2,13,18)(H,15,17)/t9-/m0/s1. The van der Waals surface area contributed by atoms with Crippen LogP contribution in [0, 0.1) is 0 Å². The monoisotopic (exact) mass is 266 g/mol. The number of urea groups is 1. The summed E-state index contributed by atoms with van der Waals surface area (Å²) in [5.74, 6) is 0.349. The van der Waals surface area contributed by atoms with E-state index in [4.69, 9.17) is 10.5 Å². The van der Waals surface area contributed by atoms with Crippen molar-refractivity contribution in [2.45, 2.75) is 13.0 Å². The Hall–Kier alpha value is -2.31. The second-order valence-corrected chi connectivity index (χ2v) is 4.12. The third kappa shape index (κ3) is 5.71. The maximum atomic E-state index is 11.5. The van der Waals surface area contributed by atoms with Crippen LogP contribution in [-0.4, -0.2) is 48.1 Å². The summed E-state index contributed by atoms with van der Waals surface area (Å²) in [6.45, 7) is 2.08. The van der Waals surface area contributed by atoms with Gasteiger partial charge >= 0.3 is 6.03 Å². The van der Waals surface area contributed by atoms with Gasteiger partial charge in [0.05, 0.1) is 12.7 Å². The third-order valence-electron chi connectivity index (χ3n) is 2.32. The van der Waals surface area contributed by atoms with Gasteiger partial charge in [-0.3, -0.25) is 9.78 Å². The highest BCUT2D eigenvalue weighted by atomic mass is 16.5. The molecule has 0 spiro atoms. The first-order chi connectivity index (χ1) is 8.99. The number of hydrogen-bond acceptors (Lipinski definition) is 4. The quantitative estimate of drug-likeness (QED) is 0.755. The predicted molar refractivity (Wildman–Crippen MR) is 69.6 cm³/mol. The van der Waals surface area contributed by atoms with E-state index in [-0.39, 0.29) is 18.6 Å². The number of nitrogens with two attached hydrogens (primary N) is 1. The molecule has 1 rings (SSSR count). The SMILES string of the molecule is C[C@@H](CNC(=O)CN(C)C(N)=O)Oc1cccnc1. The van der Waals surface area contributed by atoms with Gasteiger partial charge in [-0.25, -0.2) is 4.79 Å². The topological polar surface area (TPSA) is 97.6 Å². The molecule has 0 aliphatic carbocycles. The summed E-state index contributed by atoms with van der Waals surface area (Å²) in [4.78, 5) is 27.3. The molecule has 0 aliphatic rings. The number of aromatic nitrogens is 1. The molecule has 0 aliphatic heterocycles. The number of nitrogens with zero attached hydrogens (tertiary/aromatic N) is 2. The van der Waals surface area contributed by atoms with Gasteiger partial charge in [-0.15, -0.1) is 0 Å². The second kappa shape index (κ2) is 7.20. The van der Waals surface area contributed by atoms with E-state index in [0.29, 0.717) is 12.3 Å². The molecule has 19 heavy (non-hydrogen) atoms. The van der Waals surface area contributed by atoms with Crippen molar-refractivity contribution in [3.63, 3.8) is 0 Å². The van der Waals surface area contributed by atoms with Crippen LogP contribution in [0.2, 0.25) is 0 Å². The van der Waals surface area contributed by atoms with Gasteiger partial charge in [-0.1, -0.05) is 0 Å². The summed E-state index contributed by atoms with van der Waals surface area (Å²) in [6.07, 6.45) is 3.05. The molecule has 1 aromatic heterocycles. The fourth-order valence-corrected chi connectivity index (χ4v) is 1.30. The van der Waals surface area contributed by atoms with Crippen LogP contribution in [0.5, 0.6) is 5.75 Å². The summed E-state index contributed by atoms with van der Waals surface area (Å²) in [7, 11) is 1.46. The summed E-state index contributed by atoms with van der Waals surface area (Å²) in [5, 5.41) is 2.65. The van der Waals surface area contributed by atoms with Crippen molar-refractivity contribution in [2.75, 3.05) is 20.1 Å². The molecule has 0 aromatic carbocycles. The predicted octanol–water partition coefficient (Wildman–Crippen LogP) is -0.0244. The molecule has 7 heteroatoms. The normalized spacial score (nSPS) is 11.5. The molecule has 3 amide bonds. The van der Waals surface area contributed by atoms with Gasteiger partial charge in [-0.05, 0) is 19.1 Å². The summed E-state index contributed by atoms with van der Waals surface area (Å²) < 4.78 is 5.53. The van der Waals surface area contributed by atoms with Crippen LogP contribution >= 0.6 is 0 Å².